The minimum atomic E-state index is 0.356. The first-order valence-corrected chi connectivity index (χ1v) is 6.02. The van der Waals surface area contributed by atoms with Gasteiger partial charge in [-0.2, -0.15) is 0 Å². The van der Waals surface area contributed by atoms with Gasteiger partial charge in [-0.25, -0.2) is 0 Å². The topological polar surface area (TPSA) is 45.6 Å². The number of pyridine rings is 1. The zero-order chi connectivity index (χ0) is 12.7. The summed E-state index contributed by atoms with van der Waals surface area (Å²) < 4.78 is 5.62. The lowest BCUT2D eigenvalue weighted by atomic mass is 10.1. The van der Waals surface area contributed by atoms with Crippen LogP contribution in [0.25, 0.3) is 11.6 Å². The lowest BCUT2D eigenvalue weighted by Gasteiger charge is -2.22. The van der Waals surface area contributed by atoms with Crippen LogP contribution >= 0.6 is 0 Å². The van der Waals surface area contributed by atoms with Crippen LogP contribution in [0.15, 0.2) is 24.4 Å². The average molecular weight is 244 g/mol. The molecule has 1 aromatic heterocycles. The minimum absolute atomic E-state index is 0.356. The molecule has 1 aliphatic carbocycles. The number of aliphatic hydroxyl groups is 1. The highest BCUT2D eigenvalue weighted by molar-refractivity contribution is 5.62. The second kappa shape index (κ2) is 4.14. The van der Waals surface area contributed by atoms with Crippen molar-refractivity contribution in [3.05, 3.63) is 40.4 Å². The van der Waals surface area contributed by atoms with Crippen molar-refractivity contribution in [2.45, 2.75) is 12.5 Å². The van der Waals surface area contributed by atoms with E-state index in [2.05, 4.69) is 24.0 Å². The van der Waals surface area contributed by atoms with Gasteiger partial charge in [0.25, 0.3) is 0 Å². The number of rotatable bonds is 1. The first-order valence-electron chi connectivity index (χ1n) is 6.02. The number of likely N-dealkylation sites (N-methyl/N-ethyl adjacent to an activating group) is 1. The molecule has 1 N–H and O–H groups in total. The number of hydrogen-bond donors (Lipinski definition) is 1. The smallest absolute Gasteiger partial charge is 0.154 e. The van der Waals surface area contributed by atoms with Crippen molar-refractivity contribution < 1.29 is 9.84 Å². The van der Waals surface area contributed by atoms with Crippen LogP contribution in [0.2, 0.25) is 0 Å². The molecule has 4 heteroatoms. The predicted octanol–water partition coefficient (Wildman–Crippen LogP) is -0.0713. The van der Waals surface area contributed by atoms with Crippen LogP contribution in [0.3, 0.4) is 0 Å². The zero-order valence-corrected chi connectivity index (χ0v) is 10.6. The van der Waals surface area contributed by atoms with E-state index < -0.39 is 0 Å². The first kappa shape index (κ1) is 11.3. The molecule has 0 saturated heterocycles. The molecule has 1 atom stereocenters. The lowest BCUT2D eigenvalue weighted by Crippen LogP contribution is -2.32. The molecule has 0 fully saturated rings. The van der Waals surface area contributed by atoms with Crippen molar-refractivity contribution in [1.82, 2.24) is 9.88 Å². The predicted molar refractivity (Wildman–Crippen MR) is 69.2 cm³/mol. The summed E-state index contributed by atoms with van der Waals surface area (Å²) in [7, 11) is 4.15. The Balaban J connectivity index is 2.30. The standard InChI is InChI=1S/C14H16N2O2/c1-16(2)13-4-10-6-15-5-9-3-11(7-17)18-8-12(13)14(9)10/h3,5-7,13,17H,4,8H2,1-2H3. The summed E-state index contributed by atoms with van der Waals surface area (Å²) in [5.41, 5.74) is 2.54. The van der Waals surface area contributed by atoms with Crippen molar-refractivity contribution in [1.29, 1.82) is 0 Å². The van der Waals surface area contributed by atoms with Gasteiger partial charge in [0.1, 0.15) is 12.9 Å². The van der Waals surface area contributed by atoms with Crippen LogP contribution in [0.5, 0.6) is 0 Å². The van der Waals surface area contributed by atoms with E-state index in [-0.39, 0.29) is 0 Å². The molecule has 1 aromatic rings. The quantitative estimate of drug-likeness (QED) is 0.702. The van der Waals surface area contributed by atoms with E-state index in [0.717, 1.165) is 17.9 Å². The van der Waals surface area contributed by atoms with Crippen LogP contribution in [0.4, 0.5) is 0 Å². The molecule has 0 saturated carbocycles. The Bertz CT molecular complexity index is 632. The van der Waals surface area contributed by atoms with Gasteiger partial charge in [0, 0.05) is 23.7 Å². The molecule has 2 aliphatic rings. The van der Waals surface area contributed by atoms with Crippen LogP contribution in [-0.4, -0.2) is 41.7 Å². The third-order valence-electron chi connectivity index (χ3n) is 3.63. The van der Waals surface area contributed by atoms with Crippen LogP contribution in [-0.2, 0) is 11.2 Å². The summed E-state index contributed by atoms with van der Waals surface area (Å²) in [4.78, 5) is 6.48. The first-order chi connectivity index (χ1) is 8.70. The van der Waals surface area contributed by atoms with Gasteiger partial charge >= 0.3 is 0 Å². The van der Waals surface area contributed by atoms with Gasteiger partial charge in [0.05, 0.1) is 0 Å². The van der Waals surface area contributed by atoms with Gasteiger partial charge in [0.15, 0.2) is 5.76 Å². The Morgan fingerprint density at radius 1 is 1.44 bits per heavy atom. The molecule has 0 bridgehead atoms. The van der Waals surface area contributed by atoms with E-state index >= 15 is 0 Å². The number of hydrogen-bond acceptors (Lipinski definition) is 4. The van der Waals surface area contributed by atoms with E-state index in [1.54, 1.807) is 0 Å². The van der Waals surface area contributed by atoms with Gasteiger partial charge in [0.2, 0.25) is 0 Å². The van der Waals surface area contributed by atoms with E-state index in [4.69, 9.17) is 9.84 Å². The zero-order valence-electron chi connectivity index (χ0n) is 10.6. The van der Waals surface area contributed by atoms with E-state index in [0.29, 0.717) is 18.4 Å². The van der Waals surface area contributed by atoms with Crippen molar-refractivity contribution in [2.75, 3.05) is 20.7 Å². The van der Waals surface area contributed by atoms with Gasteiger partial charge < -0.3 is 14.7 Å². The SMILES string of the molecule is CN(C)C1Cc2cncc3c2=C1COC(=CO)C=3. The van der Waals surface area contributed by atoms with Gasteiger partial charge in [-0.15, -0.1) is 0 Å². The summed E-state index contributed by atoms with van der Waals surface area (Å²) >= 11 is 0. The van der Waals surface area contributed by atoms with Crippen molar-refractivity contribution in [2.24, 2.45) is 0 Å². The molecule has 4 nitrogen and oxygen atoms in total. The third-order valence-corrected chi connectivity index (χ3v) is 3.63. The Morgan fingerprint density at radius 2 is 2.28 bits per heavy atom. The summed E-state index contributed by atoms with van der Waals surface area (Å²) in [6, 6.07) is 0.356. The Hall–Kier alpha value is -1.81. The second-order valence-corrected chi connectivity index (χ2v) is 4.94. The largest absolute Gasteiger partial charge is 0.512 e. The van der Waals surface area contributed by atoms with Gasteiger partial charge in [-0.3, -0.25) is 4.98 Å². The molecule has 3 rings (SSSR count). The number of nitrogens with zero attached hydrogens (tertiary/aromatic N) is 2. The summed E-state index contributed by atoms with van der Waals surface area (Å²) in [6.07, 6.45) is 7.59. The monoisotopic (exact) mass is 244 g/mol. The molecule has 1 unspecified atom stereocenters. The van der Waals surface area contributed by atoms with Crippen LogP contribution < -0.4 is 10.4 Å². The molecule has 94 valence electrons. The van der Waals surface area contributed by atoms with Gasteiger partial charge in [-0.1, -0.05) is 0 Å². The molecule has 0 amide bonds. The molecule has 2 heterocycles. The van der Waals surface area contributed by atoms with Crippen molar-refractivity contribution in [3.8, 4) is 0 Å². The highest BCUT2D eigenvalue weighted by Crippen LogP contribution is 2.20. The highest BCUT2D eigenvalue weighted by atomic mass is 16.5. The maximum atomic E-state index is 9.13. The fraction of sp³-hybridized carbons (Fsp3) is 0.357. The van der Waals surface area contributed by atoms with Crippen molar-refractivity contribution >= 4 is 11.6 Å². The Labute approximate surface area is 106 Å². The molecular weight excluding hydrogens is 228 g/mol. The minimum Gasteiger partial charge on any atom is -0.512 e. The number of ether oxygens (including phenoxy) is 1. The molecule has 0 spiro atoms. The normalized spacial score (nSPS) is 23.6. The summed E-state index contributed by atoms with van der Waals surface area (Å²) in [6.45, 7) is 0.524. The van der Waals surface area contributed by atoms with Crippen molar-refractivity contribution in [3.63, 3.8) is 0 Å². The Kier molecular flexibility index (Phi) is 2.59. The fourth-order valence-electron chi connectivity index (χ4n) is 2.77. The molecular formula is C14H16N2O2. The fourth-order valence-corrected chi connectivity index (χ4v) is 2.77. The lowest BCUT2D eigenvalue weighted by molar-refractivity contribution is 0.243. The molecule has 1 aliphatic heterocycles. The number of allylic oxidation sites excluding steroid dienone is 1. The van der Waals surface area contributed by atoms with Crippen LogP contribution in [0.1, 0.15) is 5.56 Å². The second-order valence-electron chi connectivity index (χ2n) is 4.94. The average Bonchev–Trinajstić information content (AvgIpc) is 2.62. The molecule has 0 radical (unpaired) electrons. The number of aliphatic hydroxyl groups excluding tert-OH is 1. The molecule has 18 heavy (non-hydrogen) atoms. The van der Waals surface area contributed by atoms with Gasteiger partial charge in [-0.05, 0) is 42.9 Å². The number of aromatic nitrogens is 1. The van der Waals surface area contributed by atoms with Crippen LogP contribution in [0, 0.1) is 0 Å². The third kappa shape index (κ3) is 1.61. The summed E-state index contributed by atoms with van der Waals surface area (Å²) in [5.74, 6) is 0.490. The summed E-state index contributed by atoms with van der Waals surface area (Å²) in [5, 5.41) is 11.4. The van der Waals surface area contributed by atoms with E-state index in [1.165, 1.54) is 16.4 Å². The molecule has 0 aromatic carbocycles. The maximum absolute atomic E-state index is 9.13. The maximum Gasteiger partial charge on any atom is 0.154 e. The highest BCUT2D eigenvalue weighted by Gasteiger charge is 2.27. The van der Waals surface area contributed by atoms with E-state index in [9.17, 15) is 0 Å². The van der Waals surface area contributed by atoms with E-state index in [1.807, 2.05) is 18.5 Å². The Morgan fingerprint density at radius 3 is 3.00 bits per heavy atom.